The zero-order valence-corrected chi connectivity index (χ0v) is 14.3. The van der Waals surface area contributed by atoms with Crippen LogP contribution in [0, 0.1) is 0 Å². The van der Waals surface area contributed by atoms with Crippen molar-refractivity contribution in [1.29, 1.82) is 0 Å². The summed E-state index contributed by atoms with van der Waals surface area (Å²) >= 11 is 9.49. The molecule has 2 aromatic heterocycles. The standard InChI is InChI=1S/C14H17BrClN3O2/c1-3-5-9(14(20)21-4-2)10-7-17-13-11(15)8-18-19(13)12(10)6-16/h7-9H,3-6H2,1-2H3. The number of alkyl halides is 1. The lowest BCUT2D eigenvalue weighted by Crippen LogP contribution is -2.19. The number of ether oxygens (including phenoxy) is 1. The fourth-order valence-electron chi connectivity index (χ4n) is 2.32. The average molecular weight is 375 g/mol. The highest BCUT2D eigenvalue weighted by atomic mass is 79.9. The van der Waals surface area contributed by atoms with Gasteiger partial charge >= 0.3 is 5.97 Å². The summed E-state index contributed by atoms with van der Waals surface area (Å²) in [5.74, 6) is -0.344. The summed E-state index contributed by atoms with van der Waals surface area (Å²) in [6.45, 7) is 4.19. The Morgan fingerprint density at radius 2 is 2.24 bits per heavy atom. The van der Waals surface area contributed by atoms with Gasteiger partial charge in [-0.05, 0) is 29.3 Å². The SMILES string of the molecule is CCCC(C(=O)OCC)c1cnc2c(Br)cnn2c1CCl. The van der Waals surface area contributed by atoms with Crippen LogP contribution in [0.2, 0.25) is 0 Å². The van der Waals surface area contributed by atoms with Crippen LogP contribution in [0.1, 0.15) is 43.9 Å². The molecule has 0 amide bonds. The van der Waals surface area contributed by atoms with E-state index in [4.69, 9.17) is 16.3 Å². The smallest absolute Gasteiger partial charge is 0.313 e. The van der Waals surface area contributed by atoms with Gasteiger partial charge in [0.25, 0.3) is 0 Å². The van der Waals surface area contributed by atoms with Crippen molar-refractivity contribution < 1.29 is 9.53 Å². The van der Waals surface area contributed by atoms with E-state index in [1.807, 2.05) is 6.92 Å². The zero-order chi connectivity index (χ0) is 15.4. The van der Waals surface area contributed by atoms with Crippen molar-refractivity contribution in [1.82, 2.24) is 14.6 Å². The number of carbonyl (C=O) groups excluding carboxylic acids is 1. The predicted octanol–water partition coefficient (Wildman–Crippen LogP) is 3.68. The number of aromatic nitrogens is 3. The molecule has 1 atom stereocenters. The van der Waals surface area contributed by atoms with Crippen LogP contribution in [-0.4, -0.2) is 27.2 Å². The van der Waals surface area contributed by atoms with Gasteiger partial charge in [0.2, 0.25) is 0 Å². The highest BCUT2D eigenvalue weighted by Crippen LogP contribution is 2.28. The first-order valence-corrected chi connectivity index (χ1v) is 8.20. The number of fused-ring (bicyclic) bond motifs is 1. The van der Waals surface area contributed by atoms with Gasteiger partial charge in [0.1, 0.15) is 0 Å². The molecular weight excluding hydrogens is 358 g/mol. The molecule has 0 aliphatic carbocycles. The third kappa shape index (κ3) is 3.21. The Morgan fingerprint density at radius 1 is 1.48 bits per heavy atom. The Bertz CT molecular complexity index is 644. The lowest BCUT2D eigenvalue weighted by molar-refractivity contribution is -0.145. The van der Waals surface area contributed by atoms with Crippen molar-refractivity contribution in [3.63, 3.8) is 0 Å². The minimum atomic E-state index is -0.358. The van der Waals surface area contributed by atoms with Crippen molar-refractivity contribution >= 4 is 39.1 Å². The van der Waals surface area contributed by atoms with Crippen LogP contribution in [-0.2, 0) is 15.4 Å². The Labute approximate surface area is 136 Å². The van der Waals surface area contributed by atoms with E-state index in [1.165, 1.54) is 0 Å². The quantitative estimate of drug-likeness (QED) is 0.572. The van der Waals surface area contributed by atoms with E-state index in [0.717, 1.165) is 22.2 Å². The summed E-state index contributed by atoms with van der Waals surface area (Å²) in [4.78, 5) is 16.6. The van der Waals surface area contributed by atoms with Crippen LogP contribution < -0.4 is 0 Å². The van der Waals surface area contributed by atoms with Gasteiger partial charge in [-0.1, -0.05) is 13.3 Å². The summed E-state index contributed by atoms with van der Waals surface area (Å²) in [6.07, 6.45) is 4.93. The molecule has 21 heavy (non-hydrogen) atoms. The molecule has 0 saturated carbocycles. The summed E-state index contributed by atoms with van der Waals surface area (Å²) in [5.41, 5.74) is 2.25. The van der Waals surface area contributed by atoms with E-state index in [0.29, 0.717) is 18.7 Å². The van der Waals surface area contributed by atoms with Gasteiger partial charge in [0.05, 0.1) is 34.8 Å². The maximum atomic E-state index is 12.2. The van der Waals surface area contributed by atoms with E-state index < -0.39 is 0 Å². The summed E-state index contributed by atoms with van der Waals surface area (Å²) in [5, 5.41) is 4.27. The molecule has 2 aromatic rings. The van der Waals surface area contributed by atoms with E-state index in [1.54, 1.807) is 23.8 Å². The molecule has 0 aliphatic heterocycles. The molecule has 0 saturated heterocycles. The van der Waals surface area contributed by atoms with Crippen LogP contribution in [0.25, 0.3) is 5.65 Å². The number of hydrogen-bond donors (Lipinski definition) is 0. The first kappa shape index (κ1) is 16.2. The number of rotatable bonds is 6. The molecule has 114 valence electrons. The van der Waals surface area contributed by atoms with Crippen LogP contribution in [0.4, 0.5) is 0 Å². The molecule has 7 heteroatoms. The van der Waals surface area contributed by atoms with Crippen LogP contribution >= 0.6 is 27.5 Å². The molecule has 5 nitrogen and oxygen atoms in total. The van der Waals surface area contributed by atoms with Gasteiger partial charge in [0, 0.05) is 11.8 Å². The minimum absolute atomic E-state index is 0.238. The van der Waals surface area contributed by atoms with E-state index in [9.17, 15) is 4.79 Å². The number of esters is 1. The average Bonchev–Trinajstić information content (AvgIpc) is 2.85. The van der Waals surface area contributed by atoms with E-state index in [-0.39, 0.29) is 17.8 Å². The Hall–Kier alpha value is -1.14. The Balaban J connectivity index is 2.53. The fourth-order valence-corrected chi connectivity index (χ4v) is 2.95. The molecule has 0 spiro atoms. The summed E-state index contributed by atoms with van der Waals surface area (Å²) in [6, 6.07) is 0. The highest BCUT2D eigenvalue weighted by Gasteiger charge is 2.26. The van der Waals surface area contributed by atoms with Crippen molar-refractivity contribution in [3.8, 4) is 0 Å². The number of hydrogen-bond acceptors (Lipinski definition) is 4. The Morgan fingerprint density at radius 3 is 2.86 bits per heavy atom. The monoisotopic (exact) mass is 373 g/mol. The van der Waals surface area contributed by atoms with Crippen LogP contribution in [0.5, 0.6) is 0 Å². The first-order valence-electron chi connectivity index (χ1n) is 6.87. The van der Waals surface area contributed by atoms with Gasteiger partial charge in [-0.25, -0.2) is 9.50 Å². The maximum absolute atomic E-state index is 12.2. The predicted molar refractivity (Wildman–Crippen MR) is 84.5 cm³/mol. The molecule has 0 radical (unpaired) electrons. The molecule has 0 aliphatic rings. The number of halogens is 2. The van der Waals surface area contributed by atoms with Gasteiger partial charge in [0.15, 0.2) is 5.65 Å². The van der Waals surface area contributed by atoms with Gasteiger partial charge < -0.3 is 4.74 Å². The highest BCUT2D eigenvalue weighted by molar-refractivity contribution is 9.10. The van der Waals surface area contributed by atoms with Crippen molar-refractivity contribution in [2.24, 2.45) is 0 Å². The lowest BCUT2D eigenvalue weighted by Gasteiger charge is -2.18. The summed E-state index contributed by atoms with van der Waals surface area (Å²) < 4.78 is 7.65. The third-order valence-electron chi connectivity index (χ3n) is 3.27. The van der Waals surface area contributed by atoms with Crippen molar-refractivity contribution in [2.45, 2.75) is 38.5 Å². The van der Waals surface area contributed by atoms with Gasteiger partial charge in [-0.15, -0.1) is 11.6 Å². The molecule has 0 aromatic carbocycles. The second-order valence-electron chi connectivity index (χ2n) is 4.62. The number of carbonyl (C=O) groups is 1. The largest absolute Gasteiger partial charge is 0.466 e. The lowest BCUT2D eigenvalue weighted by atomic mass is 9.94. The third-order valence-corrected chi connectivity index (χ3v) is 4.08. The normalized spacial score (nSPS) is 12.6. The van der Waals surface area contributed by atoms with E-state index in [2.05, 4.69) is 26.0 Å². The van der Waals surface area contributed by atoms with Gasteiger partial charge in [-0.3, -0.25) is 4.79 Å². The van der Waals surface area contributed by atoms with Gasteiger partial charge in [-0.2, -0.15) is 5.10 Å². The molecule has 0 fully saturated rings. The zero-order valence-electron chi connectivity index (χ0n) is 12.0. The number of nitrogens with zero attached hydrogens (tertiary/aromatic N) is 3. The maximum Gasteiger partial charge on any atom is 0.313 e. The second kappa shape index (κ2) is 7.22. The second-order valence-corrected chi connectivity index (χ2v) is 5.74. The fraction of sp³-hybridized carbons (Fsp3) is 0.500. The first-order chi connectivity index (χ1) is 10.1. The molecular formula is C14H17BrClN3O2. The van der Waals surface area contributed by atoms with E-state index >= 15 is 0 Å². The molecule has 2 rings (SSSR count). The molecule has 0 bridgehead atoms. The molecule has 1 unspecified atom stereocenters. The summed E-state index contributed by atoms with van der Waals surface area (Å²) in [7, 11) is 0. The topological polar surface area (TPSA) is 56.5 Å². The van der Waals surface area contributed by atoms with Crippen molar-refractivity contribution in [2.75, 3.05) is 6.61 Å². The van der Waals surface area contributed by atoms with Crippen LogP contribution in [0.3, 0.4) is 0 Å². The van der Waals surface area contributed by atoms with Crippen LogP contribution in [0.15, 0.2) is 16.9 Å². The molecule has 0 N–H and O–H groups in total. The Kier molecular flexibility index (Phi) is 5.58. The van der Waals surface area contributed by atoms with Crippen molar-refractivity contribution in [3.05, 3.63) is 28.1 Å². The molecule has 2 heterocycles. The minimum Gasteiger partial charge on any atom is -0.466 e.